The highest BCUT2D eigenvalue weighted by molar-refractivity contribution is 6.03. The minimum Gasteiger partial charge on any atom is -0.488 e. The number of ketones is 1. The summed E-state index contributed by atoms with van der Waals surface area (Å²) < 4.78 is 10.9. The van der Waals surface area contributed by atoms with E-state index >= 15 is 0 Å². The summed E-state index contributed by atoms with van der Waals surface area (Å²) in [5, 5.41) is 0. The maximum absolute atomic E-state index is 12.6. The van der Waals surface area contributed by atoms with Crippen LogP contribution in [0.5, 0.6) is 5.75 Å². The van der Waals surface area contributed by atoms with Crippen LogP contribution in [0, 0.1) is 13.8 Å². The van der Waals surface area contributed by atoms with Crippen molar-refractivity contribution in [2.75, 3.05) is 6.61 Å². The zero-order valence-corrected chi connectivity index (χ0v) is 14.5. The predicted molar refractivity (Wildman–Crippen MR) is 95.7 cm³/mol. The molecule has 0 unspecified atom stereocenters. The predicted octanol–water partition coefficient (Wildman–Crippen LogP) is 3.89. The van der Waals surface area contributed by atoms with Crippen LogP contribution in [0.2, 0.25) is 0 Å². The number of carbonyl (C=O) groups is 2. The summed E-state index contributed by atoms with van der Waals surface area (Å²) in [5.74, 6) is 0.00602. The van der Waals surface area contributed by atoms with E-state index in [1.807, 2.05) is 56.3 Å². The number of hydrogen-bond acceptors (Lipinski definition) is 4. The number of Topliss-reactive ketones (excluding diaryl/α,β-unsaturated/α-hetero) is 1. The summed E-state index contributed by atoms with van der Waals surface area (Å²) >= 11 is 0. The van der Waals surface area contributed by atoms with Gasteiger partial charge in [0.05, 0.1) is 5.57 Å². The number of rotatable bonds is 4. The average Bonchev–Trinajstić information content (AvgIpc) is 2.62. The molecular formula is C21H20O4. The van der Waals surface area contributed by atoms with Crippen molar-refractivity contribution >= 4 is 17.8 Å². The van der Waals surface area contributed by atoms with Gasteiger partial charge in [-0.3, -0.25) is 4.79 Å². The van der Waals surface area contributed by atoms with E-state index in [9.17, 15) is 9.59 Å². The van der Waals surface area contributed by atoms with Crippen molar-refractivity contribution in [1.82, 2.24) is 0 Å². The maximum atomic E-state index is 12.6. The van der Waals surface area contributed by atoms with Crippen LogP contribution in [-0.4, -0.2) is 24.5 Å². The Morgan fingerprint density at radius 2 is 1.88 bits per heavy atom. The molecule has 0 aliphatic carbocycles. The van der Waals surface area contributed by atoms with Crippen molar-refractivity contribution < 1.29 is 19.1 Å². The molecule has 1 aliphatic rings. The lowest BCUT2D eigenvalue weighted by Gasteiger charge is -2.19. The molecule has 128 valence electrons. The van der Waals surface area contributed by atoms with Gasteiger partial charge in [-0.25, -0.2) is 4.79 Å². The standard InChI is InChI=1S/C21H20O4/c1-13-8-9-14(2)18(10-13)20(22)15(3)25-21(23)17-11-16-6-4-5-7-19(16)24-12-17/h4-11,15H,12H2,1-3H3/t15-/m0/s1. The zero-order chi connectivity index (χ0) is 18.0. The molecule has 0 aromatic heterocycles. The number of ether oxygens (including phenoxy) is 2. The normalized spacial score (nSPS) is 14.0. The SMILES string of the molecule is Cc1ccc(C)c(C(=O)[C@H](C)OC(=O)C2=Cc3ccccc3OC2)c1. The van der Waals surface area contributed by atoms with Crippen molar-refractivity contribution in [3.8, 4) is 5.75 Å². The molecule has 0 N–H and O–H groups in total. The van der Waals surface area contributed by atoms with E-state index in [-0.39, 0.29) is 12.4 Å². The van der Waals surface area contributed by atoms with Gasteiger partial charge in [-0.05, 0) is 44.5 Å². The van der Waals surface area contributed by atoms with E-state index in [4.69, 9.17) is 9.47 Å². The highest BCUT2D eigenvalue weighted by Crippen LogP contribution is 2.26. The minimum absolute atomic E-state index is 0.139. The third kappa shape index (κ3) is 3.63. The topological polar surface area (TPSA) is 52.6 Å². The second-order valence-corrected chi connectivity index (χ2v) is 6.23. The number of carbonyl (C=O) groups excluding carboxylic acids is 2. The summed E-state index contributed by atoms with van der Waals surface area (Å²) in [6.45, 7) is 5.53. The molecule has 0 spiro atoms. The summed E-state index contributed by atoms with van der Waals surface area (Å²) in [5.41, 5.74) is 3.67. The Morgan fingerprint density at radius 1 is 1.12 bits per heavy atom. The number of aryl methyl sites for hydroxylation is 2. The van der Waals surface area contributed by atoms with E-state index in [0.29, 0.717) is 11.1 Å². The number of fused-ring (bicyclic) bond motifs is 1. The average molecular weight is 336 g/mol. The van der Waals surface area contributed by atoms with E-state index in [0.717, 1.165) is 22.4 Å². The Morgan fingerprint density at radius 3 is 2.68 bits per heavy atom. The molecule has 4 nitrogen and oxygen atoms in total. The van der Waals surface area contributed by atoms with Gasteiger partial charge < -0.3 is 9.47 Å². The number of para-hydroxylation sites is 1. The van der Waals surface area contributed by atoms with Crippen LogP contribution in [-0.2, 0) is 9.53 Å². The third-order valence-electron chi connectivity index (χ3n) is 4.21. The zero-order valence-electron chi connectivity index (χ0n) is 14.5. The smallest absolute Gasteiger partial charge is 0.338 e. The van der Waals surface area contributed by atoms with E-state index in [2.05, 4.69) is 0 Å². The summed E-state index contributed by atoms with van der Waals surface area (Å²) in [6.07, 6.45) is 0.891. The van der Waals surface area contributed by atoms with Gasteiger partial charge >= 0.3 is 5.97 Å². The molecule has 25 heavy (non-hydrogen) atoms. The Labute approximate surface area is 147 Å². The molecule has 4 heteroatoms. The van der Waals surface area contributed by atoms with Crippen LogP contribution >= 0.6 is 0 Å². The largest absolute Gasteiger partial charge is 0.488 e. The van der Waals surface area contributed by atoms with Gasteiger partial charge in [0.15, 0.2) is 6.10 Å². The lowest BCUT2D eigenvalue weighted by atomic mass is 9.99. The molecule has 1 aliphatic heterocycles. The first kappa shape index (κ1) is 17.0. The first-order chi connectivity index (χ1) is 12.0. The van der Waals surface area contributed by atoms with E-state index in [1.165, 1.54) is 0 Å². The first-order valence-corrected chi connectivity index (χ1v) is 8.20. The van der Waals surface area contributed by atoms with Crippen LogP contribution in [0.1, 0.15) is 34.0 Å². The molecule has 3 rings (SSSR count). The fourth-order valence-electron chi connectivity index (χ4n) is 2.74. The molecule has 0 fully saturated rings. The fourth-order valence-corrected chi connectivity index (χ4v) is 2.74. The minimum atomic E-state index is -0.855. The molecule has 0 amide bonds. The summed E-state index contributed by atoms with van der Waals surface area (Å²) in [6, 6.07) is 13.1. The molecule has 2 aromatic carbocycles. The quantitative estimate of drug-likeness (QED) is 0.628. The van der Waals surface area contributed by atoms with Crippen molar-refractivity contribution in [2.45, 2.75) is 26.9 Å². The Balaban J connectivity index is 1.74. The molecular weight excluding hydrogens is 316 g/mol. The lowest BCUT2D eigenvalue weighted by Crippen LogP contribution is -2.27. The molecule has 0 saturated heterocycles. The third-order valence-corrected chi connectivity index (χ3v) is 4.21. The maximum Gasteiger partial charge on any atom is 0.338 e. The van der Waals surface area contributed by atoms with Gasteiger partial charge in [0, 0.05) is 11.1 Å². The molecule has 2 aromatic rings. The Bertz CT molecular complexity index is 864. The number of hydrogen-bond donors (Lipinski definition) is 0. The van der Waals surface area contributed by atoms with Crippen molar-refractivity contribution in [1.29, 1.82) is 0 Å². The van der Waals surface area contributed by atoms with Crippen LogP contribution in [0.3, 0.4) is 0 Å². The van der Waals surface area contributed by atoms with Crippen LogP contribution in [0.15, 0.2) is 48.0 Å². The molecule has 0 saturated carbocycles. The summed E-state index contributed by atoms with van der Waals surface area (Å²) in [7, 11) is 0. The second-order valence-electron chi connectivity index (χ2n) is 6.23. The van der Waals surface area contributed by atoms with E-state index < -0.39 is 12.1 Å². The second kappa shape index (κ2) is 6.93. The molecule has 0 radical (unpaired) electrons. The van der Waals surface area contributed by atoms with Crippen LogP contribution in [0.25, 0.3) is 6.08 Å². The van der Waals surface area contributed by atoms with Crippen molar-refractivity contribution in [3.63, 3.8) is 0 Å². The van der Waals surface area contributed by atoms with Crippen LogP contribution < -0.4 is 4.74 Å². The van der Waals surface area contributed by atoms with Crippen molar-refractivity contribution in [2.24, 2.45) is 0 Å². The van der Waals surface area contributed by atoms with Gasteiger partial charge in [0.2, 0.25) is 5.78 Å². The highest BCUT2D eigenvalue weighted by atomic mass is 16.5. The van der Waals surface area contributed by atoms with Crippen molar-refractivity contribution in [3.05, 3.63) is 70.3 Å². The number of benzene rings is 2. The summed E-state index contributed by atoms with van der Waals surface area (Å²) in [4.78, 5) is 25.0. The molecule has 0 bridgehead atoms. The molecule has 1 heterocycles. The fraction of sp³-hybridized carbons (Fsp3) is 0.238. The van der Waals surface area contributed by atoms with E-state index in [1.54, 1.807) is 13.0 Å². The Kier molecular flexibility index (Phi) is 4.70. The Hall–Kier alpha value is -2.88. The van der Waals surface area contributed by atoms with Gasteiger partial charge in [-0.2, -0.15) is 0 Å². The lowest BCUT2D eigenvalue weighted by molar-refractivity contribution is -0.141. The van der Waals surface area contributed by atoms with Gasteiger partial charge in [-0.1, -0.05) is 35.9 Å². The van der Waals surface area contributed by atoms with Crippen LogP contribution in [0.4, 0.5) is 0 Å². The monoisotopic (exact) mass is 336 g/mol. The highest BCUT2D eigenvalue weighted by Gasteiger charge is 2.24. The number of esters is 1. The first-order valence-electron chi connectivity index (χ1n) is 8.20. The van der Waals surface area contributed by atoms with Gasteiger partial charge in [0.1, 0.15) is 12.4 Å². The van der Waals surface area contributed by atoms with Gasteiger partial charge in [0.25, 0.3) is 0 Å². The van der Waals surface area contributed by atoms with Gasteiger partial charge in [-0.15, -0.1) is 0 Å². The molecule has 1 atom stereocenters.